The van der Waals surface area contributed by atoms with Gasteiger partial charge in [-0.2, -0.15) is 0 Å². The summed E-state index contributed by atoms with van der Waals surface area (Å²) >= 11 is 13.7. The number of amides is 1. The van der Waals surface area contributed by atoms with E-state index in [4.69, 9.17) is 23.2 Å². The standard InChI is InChI=1S/C17H20Cl2N4OS/c1-11(25-15-9-12(18)3-4-13(15)19)17(24)23-8-5-20-10-14(23)16-21-6-7-22(16)2/h3-4,6-7,9,11,14,20H,5,8,10H2,1-2H3. The topological polar surface area (TPSA) is 50.2 Å². The van der Waals surface area contributed by atoms with Crippen LogP contribution >= 0.6 is 35.0 Å². The van der Waals surface area contributed by atoms with Crippen LogP contribution in [-0.2, 0) is 11.8 Å². The molecule has 8 heteroatoms. The molecule has 2 unspecified atom stereocenters. The lowest BCUT2D eigenvalue weighted by atomic mass is 10.1. The van der Waals surface area contributed by atoms with Gasteiger partial charge in [0.25, 0.3) is 0 Å². The molecule has 1 fully saturated rings. The van der Waals surface area contributed by atoms with Gasteiger partial charge in [-0.3, -0.25) is 4.79 Å². The summed E-state index contributed by atoms with van der Waals surface area (Å²) in [7, 11) is 1.95. The minimum Gasteiger partial charge on any atom is -0.336 e. The molecule has 1 aromatic heterocycles. The molecular formula is C17H20Cl2N4OS. The van der Waals surface area contributed by atoms with Crippen molar-refractivity contribution in [3.8, 4) is 0 Å². The Bertz CT molecular complexity index is 767. The molecule has 1 aliphatic rings. The monoisotopic (exact) mass is 398 g/mol. The lowest BCUT2D eigenvalue weighted by Crippen LogP contribution is -2.51. The summed E-state index contributed by atoms with van der Waals surface area (Å²) in [5.41, 5.74) is 0. The van der Waals surface area contributed by atoms with E-state index in [9.17, 15) is 4.79 Å². The smallest absolute Gasteiger partial charge is 0.236 e. The number of halogens is 2. The molecule has 1 aromatic carbocycles. The summed E-state index contributed by atoms with van der Waals surface area (Å²) < 4.78 is 1.96. The van der Waals surface area contributed by atoms with E-state index >= 15 is 0 Å². The predicted octanol–water partition coefficient (Wildman–Crippen LogP) is 3.38. The first-order chi connectivity index (χ1) is 12.0. The highest BCUT2D eigenvalue weighted by molar-refractivity contribution is 8.00. The second-order valence-corrected chi connectivity index (χ2v) is 8.21. The Kier molecular flexibility index (Phi) is 5.94. The summed E-state index contributed by atoms with van der Waals surface area (Å²) in [6.45, 7) is 4.04. The maximum atomic E-state index is 13.1. The summed E-state index contributed by atoms with van der Waals surface area (Å²) in [4.78, 5) is 20.2. The largest absolute Gasteiger partial charge is 0.336 e. The molecule has 0 aliphatic carbocycles. The van der Waals surface area contributed by atoms with Crippen LogP contribution in [0.1, 0.15) is 18.8 Å². The number of hydrogen-bond donors (Lipinski definition) is 1. The Labute approximate surface area is 161 Å². The van der Waals surface area contributed by atoms with E-state index in [1.807, 2.05) is 29.6 Å². The Hall–Kier alpha value is -1.21. The molecule has 2 aromatic rings. The van der Waals surface area contributed by atoms with Crippen molar-refractivity contribution in [2.75, 3.05) is 19.6 Å². The lowest BCUT2D eigenvalue weighted by molar-refractivity contribution is -0.133. The van der Waals surface area contributed by atoms with Gasteiger partial charge in [-0.25, -0.2) is 4.98 Å². The molecule has 0 spiro atoms. The quantitative estimate of drug-likeness (QED) is 0.801. The number of nitrogens with one attached hydrogen (secondary N) is 1. The third-order valence-electron chi connectivity index (χ3n) is 4.23. The fourth-order valence-electron chi connectivity index (χ4n) is 2.94. The van der Waals surface area contributed by atoms with Crippen LogP contribution in [0, 0.1) is 0 Å². The first-order valence-corrected chi connectivity index (χ1v) is 9.71. The fraction of sp³-hybridized carbons (Fsp3) is 0.412. The average Bonchev–Trinajstić information content (AvgIpc) is 3.03. The normalized spacial score (nSPS) is 19.0. The van der Waals surface area contributed by atoms with Gasteiger partial charge >= 0.3 is 0 Å². The van der Waals surface area contributed by atoms with E-state index in [1.165, 1.54) is 11.8 Å². The van der Waals surface area contributed by atoms with Crippen LogP contribution in [0.15, 0.2) is 35.5 Å². The molecule has 2 atom stereocenters. The van der Waals surface area contributed by atoms with E-state index in [0.29, 0.717) is 23.1 Å². The molecule has 134 valence electrons. The Morgan fingerprint density at radius 1 is 1.44 bits per heavy atom. The second kappa shape index (κ2) is 7.99. The maximum Gasteiger partial charge on any atom is 0.236 e. The van der Waals surface area contributed by atoms with Gasteiger partial charge in [-0.05, 0) is 25.1 Å². The number of aryl methyl sites for hydroxylation is 1. The van der Waals surface area contributed by atoms with Crippen molar-refractivity contribution in [1.82, 2.24) is 19.8 Å². The molecule has 2 heterocycles. The molecule has 1 aliphatic heterocycles. The highest BCUT2D eigenvalue weighted by Gasteiger charge is 2.33. The average molecular weight is 399 g/mol. The van der Waals surface area contributed by atoms with Crippen molar-refractivity contribution >= 4 is 40.9 Å². The number of piperazine rings is 1. The van der Waals surface area contributed by atoms with E-state index < -0.39 is 0 Å². The van der Waals surface area contributed by atoms with Crippen LogP contribution in [-0.4, -0.2) is 45.2 Å². The van der Waals surface area contributed by atoms with Gasteiger partial charge in [0.1, 0.15) is 11.9 Å². The predicted molar refractivity (Wildman–Crippen MR) is 102 cm³/mol. The lowest BCUT2D eigenvalue weighted by Gasteiger charge is -2.37. The van der Waals surface area contributed by atoms with Crippen molar-refractivity contribution in [3.05, 3.63) is 46.5 Å². The number of rotatable bonds is 4. The number of nitrogens with zero attached hydrogens (tertiary/aromatic N) is 3. The summed E-state index contributed by atoms with van der Waals surface area (Å²) in [6.07, 6.45) is 3.66. The molecule has 25 heavy (non-hydrogen) atoms. The van der Waals surface area contributed by atoms with Crippen molar-refractivity contribution in [1.29, 1.82) is 0 Å². The fourth-order valence-corrected chi connectivity index (χ4v) is 4.42. The van der Waals surface area contributed by atoms with Gasteiger partial charge in [0.05, 0.1) is 10.3 Å². The van der Waals surface area contributed by atoms with Crippen LogP contribution in [0.5, 0.6) is 0 Å². The number of hydrogen-bond acceptors (Lipinski definition) is 4. The number of imidazole rings is 1. The van der Waals surface area contributed by atoms with Crippen LogP contribution in [0.25, 0.3) is 0 Å². The number of aromatic nitrogens is 2. The summed E-state index contributed by atoms with van der Waals surface area (Å²) in [5.74, 6) is 0.967. The Balaban J connectivity index is 1.77. The minimum atomic E-state index is -0.267. The van der Waals surface area contributed by atoms with E-state index in [0.717, 1.165) is 17.3 Å². The van der Waals surface area contributed by atoms with E-state index in [1.54, 1.807) is 24.4 Å². The van der Waals surface area contributed by atoms with Crippen LogP contribution in [0.4, 0.5) is 0 Å². The van der Waals surface area contributed by atoms with Crippen LogP contribution in [0.3, 0.4) is 0 Å². The number of carbonyl (C=O) groups is 1. The Morgan fingerprint density at radius 3 is 2.96 bits per heavy atom. The first-order valence-electron chi connectivity index (χ1n) is 8.07. The molecule has 0 bridgehead atoms. The molecule has 1 N–H and O–H groups in total. The van der Waals surface area contributed by atoms with Gasteiger partial charge in [-0.1, -0.05) is 23.2 Å². The van der Waals surface area contributed by atoms with Gasteiger partial charge in [0, 0.05) is 49.0 Å². The number of benzene rings is 1. The van der Waals surface area contributed by atoms with E-state index in [-0.39, 0.29) is 17.2 Å². The van der Waals surface area contributed by atoms with E-state index in [2.05, 4.69) is 10.3 Å². The van der Waals surface area contributed by atoms with Crippen molar-refractivity contribution in [3.63, 3.8) is 0 Å². The Morgan fingerprint density at radius 2 is 2.24 bits per heavy atom. The summed E-state index contributed by atoms with van der Waals surface area (Å²) in [6, 6.07) is 5.23. The van der Waals surface area contributed by atoms with Crippen LogP contribution < -0.4 is 5.32 Å². The van der Waals surface area contributed by atoms with Gasteiger partial charge < -0.3 is 14.8 Å². The van der Waals surface area contributed by atoms with Crippen molar-refractivity contribution < 1.29 is 4.79 Å². The molecule has 3 rings (SSSR count). The molecule has 1 saturated heterocycles. The summed E-state index contributed by atoms with van der Waals surface area (Å²) in [5, 5.41) is 4.30. The van der Waals surface area contributed by atoms with Crippen LogP contribution in [0.2, 0.25) is 10.0 Å². The van der Waals surface area contributed by atoms with Crippen molar-refractivity contribution in [2.45, 2.75) is 23.1 Å². The molecule has 0 radical (unpaired) electrons. The molecule has 0 saturated carbocycles. The third kappa shape index (κ3) is 4.14. The SMILES string of the molecule is CC(Sc1cc(Cl)ccc1Cl)C(=O)N1CCNCC1c1nccn1C. The van der Waals surface area contributed by atoms with Crippen molar-refractivity contribution in [2.24, 2.45) is 7.05 Å². The zero-order valence-electron chi connectivity index (χ0n) is 14.1. The molecular weight excluding hydrogens is 379 g/mol. The minimum absolute atomic E-state index is 0.0702. The van der Waals surface area contributed by atoms with Gasteiger partial charge in [0.2, 0.25) is 5.91 Å². The maximum absolute atomic E-state index is 13.1. The second-order valence-electron chi connectivity index (χ2n) is 5.98. The number of carbonyl (C=O) groups excluding carboxylic acids is 1. The first kappa shape index (κ1) is 18.6. The highest BCUT2D eigenvalue weighted by Crippen LogP contribution is 2.34. The zero-order valence-corrected chi connectivity index (χ0v) is 16.4. The molecule has 5 nitrogen and oxygen atoms in total. The molecule has 1 amide bonds. The zero-order chi connectivity index (χ0) is 18.0. The van der Waals surface area contributed by atoms with Gasteiger partial charge in [-0.15, -0.1) is 11.8 Å². The number of thioether (sulfide) groups is 1. The third-order valence-corrected chi connectivity index (χ3v) is 6.05. The van der Waals surface area contributed by atoms with Gasteiger partial charge in [0.15, 0.2) is 0 Å². The highest BCUT2D eigenvalue weighted by atomic mass is 35.5.